The molecule has 0 bridgehead atoms. The molecule has 1 aromatic heterocycles. The van der Waals surface area contributed by atoms with Crippen LogP contribution in [0.15, 0.2) is 53.1 Å². The van der Waals surface area contributed by atoms with E-state index in [1.54, 1.807) is 0 Å². The van der Waals surface area contributed by atoms with Gasteiger partial charge in [0, 0.05) is 27.3 Å². The van der Waals surface area contributed by atoms with Crippen LogP contribution < -0.4 is 5.32 Å². The van der Waals surface area contributed by atoms with E-state index < -0.39 is 0 Å². The molecule has 0 fully saturated rings. The van der Waals surface area contributed by atoms with Crippen LogP contribution >= 0.6 is 15.9 Å². The molecule has 0 saturated carbocycles. The Kier molecular flexibility index (Phi) is 2.84. The van der Waals surface area contributed by atoms with Gasteiger partial charge in [-0.1, -0.05) is 12.1 Å². The number of halogens is 1. The maximum Gasteiger partial charge on any atom is 0.0528 e. The van der Waals surface area contributed by atoms with Crippen LogP contribution in [0, 0.1) is 6.92 Å². The maximum atomic E-state index is 3.55. The summed E-state index contributed by atoms with van der Waals surface area (Å²) in [7, 11) is 0. The Hall–Kier alpha value is -1.74. The summed E-state index contributed by atoms with van der Waals surface area (Å²) in [6.45, 7) is 2.13. The Morgan fingerprint density at radius 3 is 2.67 bits per heavy atom. The number of aromatic nitrogens is 1. The lowest BCUT2D eigenvalue weighted by atomic mass is 10.1. The van der Waals surface area contributed by atoms with E-state index in [4.69, 9.17) is 0 Å². The fraction of sp³-hybridized carbons (Fsp3) is 0.0667. The first-order valence-corrected chi connectivity index (χ1v) is 6.63. The summed E-state index contributed by atoms with van der Waals surface area (Å²) in [6.07, 6.45) is 1.97. The Bertz CT molecular complexity index is 701. The lowest BCUT2D eigenvalue weighted by Gasteiger charge is -2.11. The minimum Gasteiger partial charge on any atom is -0.361 e. The van der Waals surface area contributed by atoms with E-state index in [0.717, 1.165) is 15.8 Å². The van der Waals surface area contributed by atoms with Gasteiger partial charge < -0.3 is 10.3 Å². The molecule has 1 heterocycles. The number of hydrogen-bond acceptors (Lipinski definition) is 1. The summed E-state index contributed by atoms with van der Waals surface area (Å²) in [5, 5.41) is 4.72. The molecule has 90 valence electrons. The van der Waals surface area contributed by atoms with E-state index in [1.165, 1.54) is 16.5 Å². The van der Waals surface area contributed by atoms with Gasteiger partial charge in [0.2, 0.25) is 0 Å². The van der Waals surface area contributed by atoms with Gasteiger partial charge in [-0.15, -0.1) is 0 Å². The highest BCUT2D eigenvalue weighted by Crippen LogP contribution is 2.30. The number of aromatic amines is 1. The summed E-state index contributed by atoms with van der Waals surface area (Å²) >= 11 is 3.55. The van der Waals surface area contributed by atoms with Gasteiger partial charge in [-0.05, 0) is 58.7 Å². The second kappa shape index (κ2) is 4.50. The Labute approximate surface area is 114 Å². The summed E-state index contributed by atoms with van der Waals surface area (Å²) in [5.74, 6) is 0. The minimum absolute atomic E-state index is 1.07. The molecule has 0 spiro atoms. The van der Waals surface area contributed by atoms with Gasteiger partial charge in [-0.2, -0.15) is 0 Å². The van der Waals surface area contributed by atoms with Gasteiger partial charge >= 0.3 is 0 Å². The van der Waals surface area contributed by atoms with Crippen LogP contribution in [0.1, 0.15) is 5.56 Å². The Morgan fingerprint density at radius 1 is 1.00 bits per heavy atom. The first-order chi connectivity index (χ1) is 8.75. The zero-order chi connectivity index (χ0) is 12.5. The van der Waals surface area contributed by atoms with E-state index >= 15 is 0 Å². The zero-order valence-electron chi connectivity index (χ0n) is 10.00. The molecular weight excluding hydrogens is 288 g/mol. The van der Waals surface area contributed by atoms with Crippen LogP contribution in [-0.2, 0) is 0 Å². The summed E-state index contributed by atoms with van der Waals surface area (Å²) in [4.78, 5) is 3.23. The molecule has 0 unspecified atom stereocenters. The van der Waals surface area contributed by atoms with Gasteiger partial charge in [-0.3, -0.25) is 0 Å². The predicted molar refractivity (Wildman–Crippen MR) is 80.5 cm³/mol. The Balaban J connectivity index is 2.05. The first-order valence-electron chi connectivity index (χ1n) is 5.84. The van der Waals surface area contributed by atoms with Crippen molar-refractivity contribution in [1.29, 1.82) is 0 Å². The zero-order valence-corrected chi connectivity index (χ0v) is 11.6. The molecule has 0 aliphatic heterocycles. The topological polar surface area (TPSA) is 27.8 Å². The minimum atomic E-state index is 1.07. The number of H-pyrrole nitrogens is 1. The third-order valence-electron chi connectivity index (χ3n) is 3.15. The smallest absolute Gasteiger partial charge is 0.0528 e. The highest BCUT2D eigenvalue weighted by molar-refractivity contribution is 9.10. The van der Waals surface area contributed by atoms with E-state index in [0.29, 0.717) is 0 Å². The summed E-state index contributed by atoms with van der Waals surface area (Å²) < 4.78 is 1.07. The van der Waals surface area contributed by atoms with Crippen molar-refractivity contribution in [2.24, 2.45) is 0 Å². The van der Waals surface area contributed by atoms with E-state index in [9.17, 15) is 0 Å². The molecule has 0 atom stereocenters. The second-order valence-corrected chi connectivity index (χ2v) is 5.14. The largest absolute Gasteiger partial charge is 0.361 e. The molecule has 0 aliphatic rings. The number of rotatable bonds is 2. The molecule has 2 aromatic carbocycles. The van der Waals surface area contributed by atoms with Gasteiger partial charge in [-0.25, -0.2) is 0 Å². The third kappa shape index (κ3) is 1.91. The highest BCUT2D eigenvalue weighted by atomic mass is 79.9. The van der Waals surface area contributed by atoms with Gasteiger partial charge in [0.25, 0.3) is 0 Å². The quantitative estimate of drug-likeness (QED) is 0.686. The number of nitrogens with one attached hydrogen (secondary N) is 2. The monoisotopic (exact) mass is 300 g/mol. The highest BCUT2D eigenvalue weighted by Gasteiger charge is 2.05. The molecular formula is C15H13BrN2. The third-order valence-corrected chi connectivity index (χ3v) is 3.84. The standard InChI is InChI=1S/C15H13BrN2/c1-10-11-8-9-17-14(11)7-6-13(10)18-15-5-3-2-4-12(15)16/h2-9,17-18H,1H3. The SMILES string of the molecule is Cc1c(Nc2ccccc2Br)ccc2[nH]ccc12. The number of anilines is 2. The number of para-hydroxylation sites is 1. The number of fused-ring (bicyclic) bond motifs is 1. The molecule has 3 aromatic rings. The molecule has 0 saturated heterocycles. The van der Waals surface area contributed by atoms with Crippen molar-refractivity contribution >= 4 is 38.2 Å². The lowest BCUT2D eigenvalue weighted by molar-refractivity contribution is 1.44. The van der Waals surface area contributed by atoms with E-state index in [1.807, 2.05) is 24.4 Å². The molecule has 2 nitrogen and oxygen atoms in total. The summed E-state index contributed by atoms with van der Waals surface area (Å²) in [5.41, 5.74) is 4.64. The Morgan fingerprint density at radius 2 is 1.83 bits per heavy atom. The molecule has 3 rings (SSSR count). The van der Waals surface area contributed by atoms with Gasteiger partial charge in [0.15, 0.2) is 0 Å². The van der Waals surface area contributed by atoms with Gasteiger partial charge in [0.05, 0.1) is 5.69 Å². The normalized spacial score (nSPS) is 10.8. The van der Waals surface area contributed by atoms with Crippen molar-refractivity contribution in [3.05, 3.63) is 58.7 Å². The number of aryl methyl sites for hydroxylation is 1. The van der Waals surface area contributed by atoms with Crippen molar-refractivity contribution in [1.82, 2.24) is 4.98 Å². The van der Waals surface area contributed by atoms with Crippen LogP contribution in [0.25, 0.3) is 10.9 Å². The van der Waals surface area contributed by atoms with Crippen molar-refractivity contribution < 1.29 is 0 Å². The van der Waals surface area contributed by atoms with Crippen LogP contribution in [0.5, 0.6) is 0 Å². The average molecular weight is 301 g/mol. The van der Waals surface area contributed by atoms with Crippen molar-refractivity contribution in [2.45, 2.75) is 6.92 Å². The van der Waals surface area contributed by atoms with Crippen LogP contribution in [0.3, 0.4) is 0 Å². The van der Waals surface area contributed by atoms with Crippen LogP contribution in [0.4, 0.5) is 11.4 Å². The van der Waals surface area contributed by atoms with E-state index in [-0.39, 0.29) is 0 Å². The maximum absolute atomic E-state index is 3.55. The van der Waals surface area contributed by atoms with Crippen molar-refractivity contribution in [3.63, 3.8) is 0 Å². The molecule has 18 heavy (non-hydrogen) atoms. The first kappa shape index (κ1) is 11.4. The number of hydrogen-bond donors (Lipinski definition) is 2. The number of benzene rings is 2. The van der Waals surface area contributed by atoms with E-state index in [2.05, 4.69) is 57.4 Å². The predicted octanol–water partition coefficient (Wildman–Crippen LogP) is 4.98. The molecule has 0 radical (unpaired) electrons. The molecule has 3 heteroatoms. The van der Waals surface area contributed by atoms with Gasteiger partial charge in [0.1, 0.15) is 0 Å². The van der Waals surface area contributed by atoms with Crippen molar-refractivity contribution in [2.75, 3.05) is 5.32 Å². The fourth-order valence-corrected chi connectivity index (χ4v) is 2.51. The molecule has 0 aliphatic carbocycles. The van der Waals surface area contributed by atoms with Crippen molar-refractivity contribution in [3.8, 4) is 0 Å². The van der Waals surface area contributed by atoms with Crippen LogP contribution in [-0.4, -0.2) is 4.98 Å². The average Bonchev–Trinajstić information content (AvgIpc) is 2.84. The molecule has 2 N–H and O–H groups in total. The summed E-state index contributed by atoms with van der Waals surface area (Å²) in [6, 6.07) is 14.4. The lowest BCUT2D eigenvalue weighted by Crippen LogP contribution is -1.94. The second-order valence-electron chi connectivity index (χ2n) is 4.28. The van der Waals surface area contributed by atoms with Crippen LogP contribution in [0.2, 0.25) is 0 Å². The molecule has 0 amide bonds. The fourth-order valence-electron chi connectivity index (χ4n) is 2.13.